The monoisotopic (exact) mass is 290 g/mol. The Morgan fingerprint density at radius 3 is 2.45 bits per heavy atom. The maximum Gasteiger partial charge on any atom is 0.417 e. The van der Waals surface area contributed by atoms with E-state index in [1.54, 1.807) is 0 Å². The van der Waals surface area contributed by atoms with Crippen molar-refractivity contribution >= 4 is 0 Å². The Morgan fingerprint density at radius 1 is 1.30 bits per heavy atom. The van der Waals surface area contributed by atoms with Crippen LogP contribution in [0.2, 0.25) is 0 Å². The molecule has 20 heavy (non-hydrogen) atoms. The lowest BCUT2D eigenvalue weighted by Crippen LogP contribution is -2.07. The summed E-state index contributed by atoms with van der Waals surface area (Å²) in [5, 5.41) is 3.43. The SMILES string of the molecule is C.CC.NCc1noc(-c2cnccc2C(F)(F)F)n1. The number of halogens is 3. The second kappa shape index (κ2) is 7.59. The van der Waals surface area contributed by atoms with Crippen LogP contribution >= 0.6 is 0 Å². The molecule has 112 valence electrons. The minimum atomic E-state index is -4.50. The first-order valence-corrected chi connectivity index (χ1v) is 5.56. The van der Waals surface area contributed by atoms with Gasteiger partial charge < -0.3 is 10.3 Å². The van der Waals surface area contributed by atoms with Crippen molar-refractivity contribution in [3.05, 3.63) is 29.8 Å². The number of rotatable bonds is 2. The van der Waals surface area contributed by atoms with E-state index in [0.717, 1.165) is 18.5 Å². The molecular weight excluding hydrogens is 273 g/mol. The van der Waals surface area contributed by atoms with Crippen molar-refractivity contribution < 1.29 is 17.7 Å². The summed E-state index contributed by atoms with van der Waals surface area (Å²) in [6.07, 6.45) is -2.43. The van der Waals surface area contributed by atoms with Gasteiger partial charge in [0.1, 0.15) is 0 Å². The lowest BCUT2D eigenvalue weighted by Gasteiger charge is -2.08. The van der Waals surface area contributed by atoms with Crippen LogP contribution in [0.3, 0.4) is 0 Å². The Bertz CT molecular complexity index is 525. The summed E-state index contributed by atoms with van der Waals surface area (Å²) in [6.45, 7) is 3.99. The fourth-order valence-corrected chi connectivity index (χ4v) is 1.26. The minimum Gasteiger partial charge on any atom is -0.334 e. The molecule has 0 aliphatic rings. The van der Waals surface area contributed by atoms with E-state index >= 15 is 0 Å². The van der Waals surface area contributed by atoms with Crippen LogP contribution in [-0.2, 0) is 12.7 Å². The number of nitrogens with two attached hydrogens (primary N) is 1. The zero-order valence-corrected chi connectivity index (χ0v) is 10.4. The highest BCUT2D eigenvalue weighted by Crippen LogP contribution is 2.35. The number of aromatic nitrogens is 3. The van der Waals surface area contributed by atoms with E-state index in [9.17, 15) is 13.2 Å². The predicted molar refractivity (Wildman–Crippen MR) is 68.5 cm³/mol. The van der Waals surface area contributed by atoms with Gasteiger partial charge in [0.25, 0.3) is 5.89 Å². The molecule has 0 aromatic carbocycles. The molecule has 0 aliphatic carbocycles. The highest BCUT2D eigenvalue weighted by Gasteiger charge is 2.35. The molecule has 0 bridgehead atoms. The van der Waals surface area contributed by atoms with Gasteiger partial charge in [-0.05, 0) is 6.07 Å². The van der Waals surface area contributed by atoms with E-state index in [1.807, 2.05) is 13.8 Å². The lowest BCUT2D eigenvalue weighted by atomic mass is 10.1. The number of hydrogen-bond donors (Lipinski definition) is 1. The number of pyridine rings is 1. The number of hydrogen-bond acceptors (Lipinski definition) is 5. The topological polar surface area (TPSA) is 77.8 Å². The van der Waals surface area contributed by atoms with Crippen LogP contribution in [0.5, 0.6) is 0 Å². The number of nitrogens with zero attached hydrogens (tertiary/aromatic N) is 3. The molecule has 0 unspecified atom stereocenters. The summed E-state index contributed by atoms with van der Waals surface area (Å²) >= 11 is 0. The number of alkyl halides is 3. The van der Waals surface area contributed by atoms with Gasteiger partial charge in [-0.25, -0.2) is 0 Å². The molecule has 0 atom stereocenters. The Balaban J connectivity index is 0.00000115. The minimum absolute atomic E-state index is 0. The van der Waals surface area contributed by atoms with E-state index < -0.39 is 11.7 Å². The standard InChI is InChI=1S/C9H7F3N4O.C2H6.CH4/c10-9(11,12)6-1-2-14-4-5(6)8-15-7(3-13)16-17-8;1-2;/h1-2,4H,3,13H2;1-2H3;1H4. The molecule has 0 saturated heterocycles. The smallest absolute Gasteiger partial charge is 0.334 e. The summed E-state index contributed by atoms with van der Waals surface area (Å²) in [4.78, 5) is 7.34. The quantitative estimate of drug-likeness (QED) is 0.918. The molecule has 0 radical (unpaired) electrons. The molecule has 2 aromatic heterocycles. The average molecular weight is 290 g/mol. The van der Waals surface area contributed by atoms with Gasteiger partial charge in [0.15, 0.2) is 5.82 Å². The zero-order chi connectivity index (χ0) is 14.5. The summed E-state index contributed by atoms with van der Waals surface area (Å²) in [5.41, 5.74) is 4.11. The Morgan fingerprint density at radius 2 is 1.95 bits per heavy atom. The van der Waals surface area contributed by atoms with Crippen LogP contribution in [0, 0.1) is 0 Å². The van der Waals surface area contributed by atoms with Gasteiger partial charge in [-0.2, -0.15) is 18.2 Å². The molecule has 0 fully saturated rings. The molecule has 0 aliphatic heterocycles. The van der Waals surface area contributed by atoms with E-state index in [2.05, 4.69) is 15.1 Å². The van der Waals surface area contributed by atoms with Crippen molar-refractivity contribution in [2.24, 2.45) is 5.73 Å². The van der Waals surface area contributed by atoms with Gasteiger partial charge >= 0.3 is 6.18 Å². The van der Waals surface area contributed by atoms with Crippen LogP contribution in [0.1, 0.15) is 32.7 Å². The molecule has 2 aromatic rings. The van der Waals surface area contributed by atoms with Gasteiger partial charge in [0.2, 0.25) is 0 Å². The molecular formula is C12H17F3N4O. The third-order valence-corrected chi connectivity index (χ3v) is 2.01. The second-order valence-electron chi connectivity index (χ2n) is 3.14. The van der Waals surface area contributed by atoms with Gasteiger partial charge in [0, 0.05) is 12.4 Å². The molecule has 0 spiro atoms. The fourth-order valence-electron chi connectivity index (χ4n) is 1.26. The van der Waals surface area contributed by atoms with Crippen LogP contribution in [0.25, 0.3) is 11.5 Å². The third-order valence-electron chi connectivity index (χ3n) is 2.01. The molecule has 0 amide bonds. The van der Waals surface area contributed by atoms with Crippen molar-refractivity contribution in [2.75, 3.05) is 0 Å². The fraction of sp³-hybridized carbons (Fsp3) is 0.417. The summed E-state index contributed by atoms with van der Waals surface area (Å²) < 4.78 is 42.7. The summed E-state index contributed by atoms with van der Waals surface area (Å²) in [5.74, 6) is -0.108. The lowest BCUT2D eigenvalue weighted by molar-refractivity contribution is -0.137. The third kappa shape index (κ3) is 4.02. The largest absolute Gasteiger partial charge is 0.417 e. The van der Waals surface area contributed by atoms with Crippen molar-refractivity contribution in [1.29, 1.82) is 0 Å². The Hall–Kier alpha value is -1.96. The van der Waals surface area contributed by atoms with Crippen LogP contribution in [-0.4, -0.2) is 15.1 Å². The van der Waals surface area contributed by atoms with Crippen molar-refractivity contribution in [3.63, 3.8) is 0 Å². The van der Waals surface area contributed by atoms with Gasteiger partial charge in [-0.15, -0.1) is 0 Å². The van der Waals surface area contributed by atoms with Crippen molar-refractivity contribution in [2.45, 2.75) is 34.0 Å². The molecule has 0 saturated carbocycles. The highest BCUT2D eigenvalue weighted by molar-refractivity contribution is 5.57. The molecule has 2 rings (SSSR count). The van der Waals surface area contributed by atoms with Crippen LogP contribution in [0.4, 0.5) is 13.2 Å². The molecule has 8 heteroatoms. The van der Waals surface area contributed by atoms with Crippen LogP contribution < -0.4 is 5.73 Å². The molecule has 2 heterocycles. The normalized spacial score (nSPS) is 10.3. The Kier molecular flexibility index (Phi) is 6.84. The van der Waals surface area contributed by atoms with Crippen LogP contribution in [0.15, 0.2) is 23.0 Å². The van der Waals surface area contributed by atoms with Gasteiger partial charge in [-0.3, -0.25) is 4.98 Å². The van der Waals surface area contributed by atoms with Gasteiger partial charge in [0.05, 0.1) is 17.7 Å². The maximum absolute atomic E-state index is 12.7. The molecule has 5 nitrogen and oxygen atoms in total. The predicted octanol–water partition coefficient (Wildman–Crippen LogP) is 3.27. The highest BCUT2D eigenvalue weighted by atomic mass is 19.4. The summed E-state index contributed by atoms with van der Waals surface area (Å²) in [6, 6.07) is 0.849. The van der Waals surface area contributed by atoms with Gasteiger partial charge in [-0.1, -0.05) is 26.4 Å². The first-order chi connectivity index (χ1) is 9.02. The van der Waals surface area contributed by atoms with E-state index in [1.165, 1.54) is 0 Å². The first-order valence-electron chi connectivity index (χ1n) is 5.56. The first kappa shape index (κ1) is 18.0. The second-order valence-corrected chi connectivity index (χ2v) is 3.14. The summed E-state index contributed by atoms with van der Waals surface area (Å²) in [7, 11) is 0. The maximum atomic E-state index is 12.7. The zero-order valence-electron chi connectivity index (χ0n) is 10.4. The molecule has 2 N–H and O–H groups in total. The van der Waals surface area contributed by atoms with E-state index in [4.69, 9.17) is 10.3 Å². The van der Waals surface area contributed by atoms with Crippen molar-refractivity contribution in [1.82, 2.24) is 15.1 Å². The van der Waals surface area contributed by atoms with Crippen molar-refractivity contribution in [3.8, 4) is 11.5 Å². The van der Waals surface area contributed by atoms with E-state index in [0.29, 0.717) is 0 Å². The average Bonchev–Trinajstić information content (AvgIpc) is 2.89. The Labute approximate surface area is 115 Å². The van der Waals surface area contributed by atoms with E-state index in [-0.39, 0.29) is 31.2 Å².